The van der Waals surface area contributed by atoms with Crippen LogP contribution in [-0.4, -0.2) is 23.9 Å². The molecule has 0 aliphatic carbocycles. The molecule has 1 aromatic heterocycles. The zero-order valence-corrected chi connectivity index (χ0v) is 13.0. The van der Waals surface area contributed by atoms with E-state index in [9.17, 15) is 0 Å². The standard InChI is InChI=1S/C18H17N3.ClH/c1-2-6-13(7-3-1)18-15(12-17-19-10-11-20-17)14-8-4-5-9-16(14)21-18;/h1-9,21H,10-12H2,(H,19,20);1H. The molecule has 3 nitrogen and oxygen atoms in total. The van der Waals surface area contributed by atoms with Crippen molar-refractivity contribution < 1.29 is 0 Å². The van der Waals surface area contributed by atoms with E-state index in [1.165, 1.54) is 27.7 Å². The van der Waals surface area contributed by atoms with E-state index in [1.807, 2.05) is 0 Å². The number of halogens is 1. The number of hydrogen-bond acceptors (Lipinski definition) is 2. The maximum atomic E-state index is 4.54. The molecule has 112 valence electrons. The Bertz CT molecular complexity index is 806. The van der Waals surface area contributed by atoms with Crippen molar-refractivity contribution >= 4 is 29.1 Å². The summed E-state index contributed by atoms with van der Waals surface area (Å²) in [5.74, 6) is 1.09. The van der Waals surface area contributed by atoms with Crippen molar-refractivity contribution in [2.75, 3.05) is 13.1 Å². The molecule has 0 saturated carbocycles. The first kappa shape index (κ1) is 14.7. The quantitative estimate of drug-likeness (QED) is 0.759. The number of nitrogens with one attached hydrogen (secondary N) is 2. The molecule has 0 fully saturated rings. The largest absolute Gasteiger partial charge is 0.372 e. The predicted octanol–water partition coefficient (Wildman–Crippen LogP) is 3.80. The van der Waals surface area contributed by atoms with Crippen molar-refractivity contribution in [2.24, 2.45) is 4.99 Å². The summed E-state index contributed by atoms with van der Waals surface area (Å²) < 4.78 is 0. The second-order valence-electron chi connectivity index (χ2n) is 5.32. The number of aromatic amines is 1. The summed E-state index contributed by atoms with van der Waals surface area (Å²) in [5, 5.41) is 4.66. The number of fused-ring (bicyclic) bond motifs is 1. The van der Waals surface area contributed by atoms with Crippen LogP contribution in [0.1, 0.15) is 5.56 Å². The Morgan fingerprint density at radius 1 is 0.955 bits per heavy atom. The zero-order valence-electron chi connectivity index (χ0n) is 12.2. The van der Waals surface area contributed by atoms with Crippen molar-refractivity contribution in [1.29, 1.82) is 0 Å². The number of aromatic nitrogens is 1. The Balaban J connectivity index is 0.00000144. The first-order valence-electron chi connectivity index (χ1n) is 7.34. The van der Waals surface area contributed by atoms with Gasteiger partial charge in [-0.1, -0.05) is 48.5 Å². The van der Waals surface area contributed by atoms with E-state index in [0.717, 1.165) is 25.3 Å². The molecule has 22 heavy (non-hydrogen) atoms. The van der Waals surface area contributed by atoms with E-state index in [4.69, 9.17) is 0 Å². The fourth-order valence-electron chi connectivity index (χ4n) is 2.97. The Morgan fingerprint density at radius 2 is 1.73 bits per heavy atom. The van der Waals surface area contributed by atoms with E-state index in [1.54, 1.807) is 0 Å². The molecular weight excluding hydrogens is 294 g/mol. The van der Waals surface area contributed by atoms with Gasteiger partial charge in [-0.15, -0.1) is 12.4 Å². The lowest BCUT2D eigenvalue weighted by atomic mass is 10.0. The van der Waals surface area contributed by atoms with Crippen LogP contribution >= 0.6 is 12.4 Å². The molecule has 0 saturated heterocycles. The average Bonchev–Trinajstić information content (AvgIpc) is 3.17. The molecular formula is C18H18ClN3. The fraction of sp³-hybridized carbons (Fsp3) is 0.167. The highest BCUT2D eigenvalue weighted by molar-refractivity contribution is 5.96. The van der Waals surface area contributed by atoms with Crippen LogP contribution in [0.3, 0.4) is 0 Å². The number of benzene rings is 2. The van der Waals surface area contributed by atoms with E-state index in [-0.39, 0.29) is 12.4 Å². The minimum absolute atomic E-state index is 0. The maximum Gasteiger partial charge on any atom is 0.101 e. The summed E-state index contributed by atoms with van der Waals surface area (Å²) in [6, 6.07) is 19.0. The normalized spacial score (nSPS) is 13.5. The van der Waals surface area contributed by atoms with Gasteiger partial charge in [-0.25, -0.2) is 0 Å². The third kappa shape index (κ3) is 2.60. The highest BCUT2D eigenvalue weighted by Gasteiger charge is 2.16. The molecule has 4 rings (SSSR count). The monoisotopic (exact) mass is 311 g/mol. The molecule has 1 aliphatic heterocycles. The van der Waals surface area contributed by atoms with Gasteiger partial charge >= 0.3 is 0 Å². The predicted molar refractivity (Wildman–Crippen MR) is 95.0 cm³/mol. The number of H-pyrrole nitrogens is 1. The van der Waals surface area contributed by atoms with Crippen molar-refractivity contribution in [3.63, 3.8) is 0 Å². The van der Waals surface area contributed by atoms with Crippen LogP contribution in [0.25, 0.3) is 22.2 Å². The number of rotatable bonds is 3. The van der Waals surface area contributed by atoms with Gasteiger partial charge in [-0.2, -0.15) is 0 Å². The summed E-state index contributed by atoms with van der Waals surface area (Å²) in [5.41, 5.74) is 4.94. The van der Waals surface area contributed by atoms with Gasteiger partial charge in [0.2, 0.25) is 0 Å². The van der Waals surface area contributed by atoms with Crippen molar-refractivity contribution in [3.8, 4) is 11.3 Å². The minimum atomic E-state index is 0. The molecule has 2 aromatic carbocycles. The molecule has 2 N–H and O–H groups in total. The molecule has 0 atom stereocenters. The van der Waals surface area contributed by atoms with Gasteiger partial charge in [-0.3, -0.25) is 4.99 Å². The van der Waals surface area contributed by atoms with Crippen LogP contribution in [-0.2, 0) is 6.42 Å². The Kier molecular flexibility index (Phi) is 4.16. The van der Waals surface area contributed by atoms with Crippen LogP contribution < -0.4 is 5.32 Å². The lowest BCUT2D eigenvalue weighted by Crippen LogP contribution is -2.20. The molecule has 0 radical (unpaired) electrons. The van der Waals surface area contributed by atoms with Gasteiger partial charge in [0.15, 0.2) is 0 Å². The van der Waals surface area contributed by atoms with Crippen LogP contribution in [0.2, 0.25) is 0 Å². The van der Waals surface area contributed by atoms with Gasteiger partial charge in [0.05, 0.1) is 12.2 Å². The van der Waals surface area contributed by atoms with E-state index < -0.39 is 0 Å². The smallest absolute Gasteiger partial charge is 0.101 e. The molecule has 3 aromatic rings. The second-order valence-corrected chi connectivity index (χ2v) is 5.32. The zero-order chi connectivity index (χ0) is 14.1. The number of para-hydroxylation sites is 1. The first-order chi connectivity index (χ1) is 10.4. The molecule has 0 unspecified atom stereocenters. The third-order valence-electron chi connectivity index (χ3n) is 3.96. The van der Waals surface area contributed by atoms with Crippen LogP contribution in [0, 0.1) is 0 Å². The second kappa shape index (κ2) is 6.24. The van der Waals surface area contributed by atoms with Gasteiger partial charge < -0.3 is 10.3 Å². The van der Waals surface area contributed by atoms with Crippen molar-refractivity contribution in [1.82, 2.24) is 10.3 Å². The van der Waals surface area contributed by atoms with Crippen molar-refractivity contribution in [3.05, 3.63) is 60.2 Å². The Hall–Kier alpha value is -2.26. The average molecular weight is 312 g/mol. The van der Waals surface area contributed by atoms with Gasteiger partial charge in [0.25, 0.3) is 0 Å². The van der Waals surface area contributed by atoms with Crippen LogP contribution in [0.4, 0.5) is 0 Å². The van der Waals surface area contributed by atoms with Crippen LogP contribution in [0.15, 0.2) is 59.6 Å². The summed E-state index contributed by atoms with van der Waals surface area (Å²) in [6.07, 6.45) is 0.855. The summed E-state index contributed by atoms with van der Waals surface area (Å²) >= 11 is 0. The van der Waals surface area contributed by atoms with E-state index in [2.05, 4.69) is 69.9 Å². The number of amidine groups is 1. The molecule has 4 heteroatoms. The van der Waals surface area contributed by atoms with Gasteiger partial charge in [-0.05, 0) is 17.2 Å². The summed E-state index contributed by atoms with van der Waals surface area (Å²) in [7, 11) is 0. The summed E-state index contributed by atoms with van der Waals surface area (Å²) in [6.45, 7) is 1.84. The minimum Gasteiger partial charge on any atom is -0.372 e. The van der Waals surface area contributed by atoms with Gasteiger partial charge in [0.1, 0.15) is 5.84 Å². The molecule has 0 amide bonds. The number of aliphatic imine (C=N–C) groups is 1. The van der Waals surface area contributed by atoms with E-state index >= 15 is 0 Å². The number of hydrogen-bond donors (Lipinski definition) is 2. The SMILES string of the molecule is Cl.c1ccc(-c2[nH]c3ccccc3c2CC2=NCCN2)cc1. The van der Waals surface area contributed by atoms with Crippen LogP contribution in [0.5, 0.6) is 0 Å². The molecule has 0 bridgehead atoms. The molecule has 0 spiro atoms. The highest BCUT2D eigenvalue weighted by atomic mass is 35.5. The topological polar surface area (TPSA) is 40.2 Å². The third-order valence-corrected chi connectivity index (χ3v) is 3.96. The van der Waals surface area contributed by atoms with E-state index in [0.29, 0.717) is 0 Å². The fourth-order valence-corrected chi connectivity index (χ4v) is 2.97. The Morgan fingerprint density at radius 3 is 2.50 bits per heavy atom. The maximum absolute atomic E-state index is 4.54. The summed E-state index contributed by atoms with van der Waals surface area (Å²) in [4.78, 5) is 8.12. The highest BCUT2D eigenvalue weighted by Crippen LogP contribution is 2.30. The van der Waals surface area contributed by atoms with Gasteiger partial charge in [0, 0.05) is 23.9 Å². The lowest BCUT2D eigenvalue weighted by molar-refractivity contribution is 0.954. The molecule has 2 heterocycles. The molecule has 1 aliphatic rings. The lowest BCUT2D eigenvalue weighted by Gasteiger charge is -2.06. The number of nitrogens with zero attached hydrogens (tertiary/aromatic N) is 1. The van der Waals surface area contributed by atoms with Crippen molar-refractivity contribution in [2.45, 2.75) is 6.42 Å². The first-order valence-corrected chi connectivity index (χ1v) is 7.34. The Labute approximate surface area is 135 Å².